The van der Waals surface area contributed by atoms with Crippen molar-refractivity contribution in [2.75, 3.05) is 26.7 Å². The van der Waals surface area contributed by atoms with Crippen LogP contribution in [0.25, 0.3) is 0 Å². The van der Waals surface area contributed by atoms with Crippen molar-refractivity contribution in [1.29, 1.82) is 0 Å². The van der Waals surface area contributed by atoms with E-state index in [1.807, 2.05) is 41.3 Å². The van der Waals surface area contributed by atoms with Crippen molar-refractivity contribution in [3.63, 3.8) is 0 Å². The van der Waals surface area contributed by atoms with Crippen LogP contribution in [0.4, 0.5) is 0 Å². The molecule has 1 amide bonds. The minimum atomic E-state index is -3.38. The van der Waals surface area contributed by atoms with Gasteiger partial charge in [-0.15, -0.1) is 0 Å². The van der Waals surface area contributed by atoms with E-state index in [1.54, 1.807) is 23.8 Å². The maximum atomic E-state index is 13.1. The number of nitrogens with zero attached hydrogens (tertiary/aromatic N) is 3. The van der Waals surface area contributed by atoms with Gasteiger partial charge in [0.2, 0.25) is 15.9 Å². The van der Waals surface area contributed by atoms with Crippen molar-refractivity contribution < 1.29 is 17.9 Å². The summed E-state index contributed by atoms with van der Waals surface area (Å²) in [6.45, 7) is 1.95. The molecule has 0 unspecified atom stereocenters. The number of benzene rings is 1. The number of pyridine rings is 1. The van der Waals surface area contributed by atoms with E-state index in [0.717, 1.165) is 16.9 Å². The van der Waals surface area contributed by atoms with Crippen LogP contribution >= 0.6 is 0 Å². The Hall–Kier alpha value is -2.45. The third kappa shape index (κ3) is 4.34. The second-order valence-electron chi connectivity index (χ2n) is 7.98. The largest absolute Gasteiger partial charge is 0.497 e. The van der Waals surface area contributed by atoms with Crippen LogP contribution in [0, 0.1) is 5.92 Å². The summed E-state index contributed by atoms with van der Waals surface area (Å²) < 4.78 is 33.0. The summed E-state index contributed by atoms with van der Waals surface area (Å²) in [5.74, 6) is 0.819. The van der Waals surface area contributed by atoms with Crippen molar-refractivity contribution in [1.82, 2.24) is 14.2 Å². The summed E-state index contributed by atoms with van der Waals surface area (Å²) >= 11 is 0. The Bertz CT molecular complexity index is 996. The molecule has 8 heteroatoms. The van der Waals surface area contributed by atoms with Crippen LogP contribution in [0.3, 0.4) is 0 Å². The van der Waals surface area contributed by atoms with E-state index < -0.39 is 15.3 Å². The number of hydrogen-bond acceptors (Lipinski definition) is 5. The van der Waals surface area contributed by atoms with Crippen LogP contribution in [0.2, 0.25) is 0 Å². The smallest absolute Gasteiger partial charge is 0.226 e. The molecule has 2 aliphatic rings. The number of aromatic nitrogens is 1. The monoisotopic (exact) mass is 429 g/mol. The van der Waals surface area contributed by atoms with Crippen LogP contribution in [0.1, 0.15) is 24.0 Å². The Labute approximate surface area is 177 Å². The highest BCUT2D eigenvalue weighted by Gasteiger charge is 2.47. The highest BCUT2D eigenvalue weighted by atomic mass is 32.2. The van der Waals surface area contributed by atoms with E-state index in [0.29, 0.717) is 45.4 Å². The zero-order chi connectivity index (χ0) is 21.1. The fraction of sp³-hybridized carbons (Fsp3) is 0.455. The van der Waals surface area contributed by atoms with Gasteiger partial charge in [-0.2, -0.15) is 4.31 Å². The molecular formula is C22H27N3O4S. The number of fused-ring (bicyclic) bond motifs is 1. The molecule has 1 aromatic carbocycles. The van der Waals surface area contributed by atoms with E-state index in [2.05, 4.69) is 4.98 Å². The maximum absolute atomic E-state index is 13.1. The lowest BCUT2D eigenvalue weighted by molar-refractivity contribution is -0.130. The molecule has 2 atom stereocenters. The molecule has 4 rings (SSSR count). The molecule has 2 aromatic rings. The molecule has 0 aliphatic carbocycles. The summed E-state index contributed by atoms with van der Waals surface area (Å²) in [6.07, 6.45) is 4.88. The zero-order valence-corrected chi connectivity index (χ0v) is 17.9. The number of hydrogen-bond donors (Lipinski definition) is 0. The minimum Gasteiger partial charge on any atom is -0.497 e. The van der Waals surface area contributed by atoms with E-state index in [1.165, 1.54) is 0 Å². The van der Waals surface area contributed by atoms with Crippen LogP contribution in [-0.2, 0) is 27.8 Å². The molecule has 0 bridgehead atoms. The average Bonchev–Trinajstić information content (AvgIpc) is 2.89. The lowest BCUT2D eigenvalue weighted by atomic mass is 10.0. The fourth-order valence-corrected chi connectivity index (χ4v) is 6.69. The second-order valence-corrected chi connectivity index (χ2v) is 10.1. The highest BCUT2D eigenvalue weighted by molar-refractivity contribution is 7.90. The van der Waals surface area contributed by atoms with Gasteiger partial charge in [0.1, 0.15) is 5.75 Å². The number of rotatable bonds is 5. The van der Waals surface area contributed by atoms with Gasteiger partial charge in [0, 0.05) is 38.6 Å². The Kier molecular flexibility index (Phi) is 6.06. The first-order valence-electron chi connectivity index (χ1n) is 10.3. The van der Waals surface area contributed by atoms with Crippen molar-refractivity contribution >= 4 is 15.9 Å². The quantitative estimate of drug-likeness (QED) is 0.727. The maximum Gasteiger partial charge on any atom is 0.226 e. The van der Waals surface area contributed by atoms with Gasteiger partial charge in [0.25, 0.3) is 0 Å². The number of amides is 1. The van der Waals surface area contributed by atoms with Crippen molar-refractivity contribution in [2.45, 2.75) is 31.1 Å². The van der Waals surface area contributed by atoms with Crippen LogP contribution in [-0.4, -0.2) is 60.5 Å². The molecule has 2 aliphatic heterocycles. The van der Waals surface area contributed by atoms with E-state index >= 15 is 0 Å². The van der Waals surface area contributed by atoms with Gasteiger partial charge in [-0.3, -0.25) is 9.78 Å². The zero-order valence-electron chi connectivity index (χ0n) is 17.1. The van der Waals surface area contributed by atoms with Gasteiger partial charge in [0.05, 0.1) is 18.8 Å². The van der Waals surface area contributed by atoms with Crippen LogP contribution in [0.5, 0.6) is 5.75 Å². The third-order valence-corrected chi connectivity index (χ3v) is 8.47. The topological polar surface area (TPSA) is 79.8 Å². The number of carbonyl (C=O) groups excluding carboxylic acids is 1. The van der Waals surface area contributed by atoms with Crippen molar-refractivity contribution in [3.8, 4) is 5.75 Å². The van der Waals surface area contributed by atoms with Gasteiger partial charge in [-0.1, -0.05) is 18.2 Å². The van der Waals surface area contributed by atoms with Crippen LogP contribution < -0.4 is 4.74 Å². The first-order chi connectivity index (χ1) is 14.5. The number of likely N-dealkylation sites (tertiary alicyclic amines) is 1. The summed E-state index contributed by atoms with van der Waals surface area (Å²) in [4.78, 5) is 18.7. The molecule has 0 spiro atoms. The first kappa shape index (κ1) is 20.8. The summed E-state index contributed by atoms with van der Waals surface area (Å²) in [7, 11) is -1.77. The highest BCUT2D eigenvalue weighted by Crippen LogP contribution is 2.35. The Morgan fingerprint density at radius 2 is 1.97 bits per heavy atom. The van der Waals surface area contributed by atoms with Gasteiger partial charge in [-0.05, 0) is 48.1 Å². The number of sulfonamides is 1. The van der Waals surface area contributed by atoms with Crippen molar-refractivity contribution in [2.24, 2.45) is 5.92 Å². The number of methoxy groups -OCH3 is 1. The van der Waals surface area contributed by atoms with Crippen LogP contribution in [0.15, 0.2) is 48.8 Å². The number of ether oxygens (including phenoxy) is 1. The molecule has 1 aromatic heterocycles. The van der Waals surface area contributed by atoms with Gasteiger partial charge in [0.15, 0.2) is 0 Å². The Balaban J connectivity index is 1.40. The predicted molar refractivity (Wildman–Crippen MR) is 113 cm³/mol. The third-order valence-electron chi connectivity index (χ3n) is 6.08. The SMILES string of the molecule is COc1cccc(CC(=O)N2CC[C@H]3CN(Cc4cccnc4)S(=O)(=O)[C@@H]3CC2)c1. The normalized spacial score (nSPS) is 23.6. The standard InChI is InChI=1S/C22H27N3O4S/c1-29-20-6-2-4-17(12-20)13-22(26)24-10-7-19-16-25(15-18-5-3-9-23-14-18)30(27,28)21(19)8-11-24/h2-6,9,12,14,19,21H,7-8,10-11,13,15-16H2,1H3/t19-,21+/m0/s1. The minimum absolute atomic E-state index is 0.0350. The molecule has 0 N–H and O–H groups in total. The first-order valence-corrected chi connectivity index (χ1v) is 11.8. The molecule has 3 heterocycles. The molecule has 2 fully saturated rings. The Morgan fingerprint density at radius 3 is 2.73 bits per heavy atom. The lowest BCUT2D eigenvalue weighted by Crippen LogP contribution is -2.35. The summed E-state index contributed by atoms with van der Waals surface area (Å²) in [6, 6.07) is 11.2. The molecule has 160 valence electrons. The molecule has 0 saturated carbocycles. The fourth-order valence-electron chi connectivity index (χ4n) is 4.46. The van der Waals surface area contributed by atoms with Crippen molar-refractivity contribution in [3.05, 3.63) is 59.9 Å². The molecule has 30 heavy (non-hydrogen) atoms. The van der Waals surface area contributed by atoms with E-state index in [9.17, 15) is 13.2 Å². The Morgan fingerprint density at radius 1 is 1.17 bits per heavy atom. The number of carbonyl (C=O) groups is 1. The van der Waals surface area contributed by atoms with Gasteiger partial charge >= 0.3 is 0 Å². The van der Waals surface area contributed by atoms with E-state index in [-0.39, 0.29) is 11.8 Å². The molecule has 2 saturated heterocycles. The average molecular weight is 430 g/mol. The molecule has 0 radical (unpaired) electrons. The van der Waals surface area contributed by atoms with Gasteiger partial charge in [-0.25, -0.2) is 8.42 Å². The summed E-state index contributed by atoms with van der Waals surface area (Å²) in [5, 5.41) is -0.413. The summed E-state index contributed by atoms with van der Waals surface area (Å²) in [5.41, 5.74) is 1.80. The molecular weight excluding hydrogens is 402 g/mol. The van der Waals surface area contributed by atoms with E-state index in [4.69, 9.17) is 4.74 Å². The van der Waals surface area contributed by atoms with Gasteiger partial charge < -0.3 is 9.64 Å². The second kappa shape index (κ2) is 8.73. The predicted octanol–water partition coefficient (Wildman–Crippen LogP) is 2.09. The lowest BCUT2D eigenvalue weighted by Gasteiger charge is -2.22. The molecule has 7 nitrogen and oxygen atoms in total.